The lowest BCUT2D eigenvalue weighted by molar-refractivity contribution is -0.130. The van der Waals surface area contributed by atoms with Crippen molar-refractivity contribution in [3.05, 3.63) is 0 Å². The van der Waals surface area contributed by atoms with Gasteiger partial charge in [-0.3, -0.25) is 4.79 Å². The number of hydrogen-bond acceptors (Lipinski definition) is 2. The standard InChI is InChI=1S/C9H16ClNOS/c1-3-8-7(2)13-5-4-11(8)9(12)6-10/h7-8H,3-6H2,1-2H3. The van der Waals surface area contributed by atoms with Crippen LogP contribution in [0, 0.1) is 0 Å². The normalized spacial score (nSPS) is 29.0. The molecule has 76 valence electrons. The summed E-state index contributed by atoms with van der Waals surface area (Å²) >= 11 is 7.50. The highest BCUT2D eigenvalue weighted by molar-refractivity contribution is 8.00. The van der Waals surface area contributed by atoms with Crippen LogP contribution >= 0.6 is 23.4 Å². The van der Waals surface area contributed by atoms with E-state index in [2.05, 4.69) is 13.8 Å². The lowest BCUT2D eigenvalue weighted by Crippen LogP contribution is -2.49. The van der Waals surface area contributed by atoms with Crippen LogP contribution in [0.3, 0.4) is 0 Å². The summed E-state index contributed by atoms with van der Waals surface area (Å²) in [5.74, 6) is 1.24. The number of carbonyl (C=O) groups is 1. The van der Waals surface area contributed by atoms with Gasteiger partial charge in [0.05, 0.1) is 0 Å². The van der Waals surface area contributed by atoms with Gasteiger partial charge < -0.3 is 4.90 Å². The second-order valence-electron chi connectivity index (χ2n) is 3.27. The van der Waals surface area contributed by atoms with Crippen LogP contribution in [0.25, 0.3) is 0 Å². The zero-order valence-electron chi connectivity index (χ0n) is 8.12. The Hall–Kier alpha value is 0.110. The number of thioether (sulfide) groups is 1. The van der Waals surface area contributed by atoms with E-state index in [-0.39, 0.29) is 11.8 Å². The largest absolute Gasteiger partial charge is 0.337 e. The molecule has 0 aliphatic carbocycles. The minimum Gasteiger partial charge on any atom is -0.337 e. The highest BCUT2D eigenvalue weighted by Gasteiger charge is 2.30. The first-order chi connectivity index (χ1) is 6.20. The van der Waals surface area contributed by atoms with Crippen molar-refractivity contribution in [3.63, 3.8) is 0 Å². The average Bonchev–Trinajstić information content (AvgIpc) is 2.16. The fourth-order valence-corrected chi connectivity index (χ4v) is 3.19. The number of rotatable bonds is 2. The monoisotopic (exact) mass is 221 g/mol. The van der Waals surface area contributed by atoms with Crippen molar-refractivity contribution < 1.29 is 4.79 Å². The van der Waals surface area contributed by atoms with Gasteiger partial charge in [-0.25, -0.2) is 0 Å². The minimum atomic E-state index is 0.0840. The summed E-state index contributed by atoms with van der Waals surface area (Å²) in [6.07, 6.45) is 1.02. The van der Waals surface area contributed by atoms with E-state index in [4.69, 9.17) is 11.6 Å². The molecule has 2 unspecified atom stereocenters. The van der Waals surface area contributed by atoms with Gasteiger partial charge in [0.2, 0.25) is 5.91 Å². The molecule has 0 spiro atoms. The molecule has 1 fully saturated rings. The maximum Gasteiger partial charge on any atom is 0.237 e. The van der Waals surface area contributed by atoms with Crippen LogP contribution in [-0.4, -0.2) is 40.3 Å². The summed E-state index contributed by atoms with van der Waals surface area (Å²) < 4.78 is 0. The first-order valence-corrected chi connectivity index (χ1v) is 6.26. The first-order valence-electron chi connectivity index (χ1n) is 4.67. The number of nitrogens with zero attached hydrogens (tertiary/aromatic N) is 1. The van der Waals surface area contributed by atoms with Crippen LogP contribution in [0.1, 0.15) is 20.3 Å². The Labute approximate surface area is 89.0 Å². The molecule has 2 nitrogen and oxygen atoms in total. The fraction of sp³-hybridized carbons (Fsp3) is 0.889. The highest BCUT2D eigenvalue weighted by Crippen LogP contribution is 2.26. The number of carbonyl (C=O) groups excluding carboxylic acids is 1. The van der Waals surface area contributed by atoms with E-state index in [9.17, 15) is 4.79 Å². The molecule has 13 heavy (non-hydrogen) atoms. The van der Waals surface area contributed by atoms with Crippen LogP contribution in [0.15, 0.2) is 0 Å². The van der Waals surface area contributed by atoms with E-state index in [0.29, 0.717) is 11.3 Å². The second kappa shape index (κ2) is 5.11. The topological polar surface area (TPSA) is 20.3 Å². The molecule has 1 saturated heterocycles. The molecular formula is C9H16ClNOS. The van der Waals surface area contributed by atoms with Crippen LogP contribution in [-0.2, 0) is 4.79 Å². The predicted octanol–water partition coefficient (Wildman–Crippen LogP) is 1.97. The smallest absolute Gasteiger partial charge is 0.237 e. The van der Waals surface area contributed by atoms with E-state index >= 15 is 0 Å². The number of amides is 1. The van der Waals surface area contributed by atoms with Gasteiger partial charge in [-0.2, -0.15) is 11.8 Å². The maximum absolute atomic E-state index is 11.5. The first kappa shape index (κ1) is 11.2. The molecule has 1 aliphatic rings. The van der Waals surface area contributed by atoms with Crippen molar-refractivity contribution in [2.75, 3.05) is 18.2 Å². The van der Waals surface area contributed by atoms with Gasteiger partial charge in [-0.1, -0.05) is 13.8 Å². The zero-order valence-corrected chi connectivity index (χ0v) is 9.70. The SMILES string of the molecule is CCC1C(C)SCCN1C(=O)CCl. The summed E-state index contributed by atoms with van der Waals surface area (Å²) in [7, 11) is 0. The van der Waals surface area contributed by atoms with Gasteiger partial charge in [0, 0.05) is 23.6 Å². The molecule has 4 heteroatoms. The van der Waals surface area contributed by atoms with Crippen LogP contribution in [0.5, 0.6) is 0 Å². The Kier molecular flexibility index (Phi) is 4.39. The Balaban J connectivity index is 2.64. The highest BCUT2D eigenvalue weighted by atomic mass is 35.5. The molecule has 0 saturated carbocycles. The molecule has 1 aliphatic heterocycles. The summed E-state index contributed by atoms with van der Waals surface area (Å²) in [4.78, 5) is 13.4. The molecular weight excluding hydrogens is 206 g/mol. The van der Waals surface area contributed by atoms with E-state index < -0.39 is 0 Å². The molecule has 1 amide bonds. The summed E-state index contributed by atoms with van der Waals surface area (Å²) in [5.41, 5.74) is 0. The molecule has 2 atom stereocenters. The van der Waals surface area contributed by atoms with Crippen LogP contribution in [0.4, 0.5) is 0 Å². The van der Waals surface area contributed by atoms with E-state index in [1.54, 1.807) is 0 Å². The molecule has 0 aromatic heterocycles. The zero-order chi connectivity index (χ0) is 9.84. The van der Waals surface area contributed by atoms with Crippen molar-refractivity contribution in [1.29, 1.82) is 0 Å². The molecule has 0 aromatic carbocycles. The molecule has 1 rings (SSSR count). The average molecular weight is 222 g/mol. The third-order valence-electron chi connectivity index (χ3n) is 2.51. The lowest BCUT2D eigenvalue weighted by atomic mass is 10.1. The summed E-state index contributed by atoms with van der Waals surface area (Å²) in [6.45, 7) is 5.17. The van der Waals surface area contributed by atoms with E-state index in [0.717, 1.165) is 18.7 Å². The summed E-state index contributed by atoms with van der Waals surface area (Å²) in [6, 6.07) is 0.380. The van der Waals surface area contributed by atoms with E-state index in [1.807, 2.05) is 16.7 Å². The van der Waals surface area contributed by atoms with Gasteiger partial charge in [0.1, 0.15) is 5.88 Å². The number of hydrogen-bond donors (Lipinski definition) is 0. The van der Waals surface area contributed by atoms with E-state index in [1.165, 1.54) is 0 Å². The minimum absolute atomic E-state index is 0.0840. The van der Waals surface area contributed by atoms with Crippen molar-refractivity contribution in [3.8, 4) is 0 Å². The quantitative estimate of drug-likeness (QED) is 0.665. The Morgan fingerprint density at radius 2 is 2.38 bits per heavy atom. The maximum atomic E-state index is 11.5. The van der Waals surface area contributed by atoms with Gasteiger partial charge in [0.15, 0.2) is 0 Å². The lowest BCUT2D eigenvalue weighted by Gasteiger charge is -2.38. The Morgan fingerprint density at radius 3 is 2.92 bits per heavy atom. The fourth-order valence-electron chi connectivity index (χ4n) is 1.81. The molecule has 0 N–H and O–H groups in total. The van der Waals surface area contributed by atoms with Gasteiger partial charge in [0.25, 0.3) is 0 Å². The van der Waals surface area contributed by atoms with Crippen LogP contribution < -0.4 is 0 Å². The van der Waals surface area contributed by atoms with Gasteiger partial charge in [-0.15, -0.1) is 11.6 Å². The second-order valence-corrected chi connectivity index (χ2v) is 5.02. The van der Waals surface area contributed by atoms with Crippen LogP contribution in [0.2, 0.25) is 0 Å². The number of alkyl halides is 1. The van der Waals surface area contributed by atoms with Gasteiger partial charge in [-0.05, 0) is 6.42 Å². The van der Waals surface area contributed by atoms with Gasteiger partial charge >= 0.3 is 0 Å². The third kappa shape index (κ3) is 2.53. The van der Waals surface area contributed by atoms with Crippen molar-refractivity contribution in [1.82, 2.24) is 4.90 Å². The molecule has 0 bridgehead atoms. The molecule has 1 heterocycles. The molecule has 0 radical (unpaired) electrons. The predicted molar refractivity (Wildman–Crippen MR) is 58.4 cm³/mol. The third-order valence-corrected chi connectivity index (χ3v) is 3.99. The Morgan fingerprint density at radius 1 is 1.69 bits per heavy atom. The van der Waals surface area contributed by atoms with Crippen molar-refractivity contribution >= 4 is 29.3 Å². The summed E-state index contributed by atoms with van der Waals surface area (Å²) in [5, 5.41) is 0.547. The Bertz CT molecular complexity index is 188. The molecule has 0 aromatic rings. The van der Waals surface area contributed by atoms with Crippen molar-refractivity contribution in [2.45, 2.75) is 31.6 Å². The van der Waals surface area contributed by atoms with Crippen molar-refractivity contribution in [2.24, 2.45) is 0 Å². The number of halogens is 1.